The first-order valence-electron chi connectivity index (χ1n) is 6.69. The summed E-state index contributed by atoms with van der Waals surface area (Å²) in [5.41, 5.74) is 1.28. The van der Waals surface area contributed by atoms with Crippen LogP contribution in [0.2, 0.25) is 0 Å². The Morgan fingerprint density at radius 2 is 1.91 bits per heavy atom. The van der Waals surface area contributed by atoms with Crippen molar-refractivity contribution in [2.45, 2.75) is 26.6 Å². The van der Waals surface area contributed by atoms with Gasteiger partial charge in [0.15, 0.2) is 0 Å². The molecule has 2 rings (SSSR count). The molecule has 23 heavy (non-hydrogen) atoms. The van der Waals surface area contributed by atoms with Crippen LogP contribution in [0, 0.1) is 0 Å². The number of aromatic nitrogens is 1. The fraction of sp³-hybridized carbons (Fsp3) is 0.250. The van der Waals surface area contributed by atoms with Crippen LogP contribution in [-0.4, -0.2) is 11.0 Å². The Balaban J connectivity index is 2.04. The maximum absolute atomic E-state index is 12.5. The molecule has 0 atom stereocenters. The van der Waals surface area contributed by atoms with Gasteiger partial charge in [-0.05, 0) is 26.0 Å². The Morgan fingerprint density at radius 1 is 1.26 bits per heavy atom. The zero-order valence-corrected chi connectivity index (χ0v) is 13.3. The first-order chi connectivity index (χ1) is 10.8. The van der Waals surface area contributed by atoms with Gasteiger partial charge in [0, 0.05) is 17.0 Å². The van der Waals surface area contributed by atoms with E-state index < -0.39 is 17.7 Å². The number of nitrogens with zero attached hydrogens (tertiary/aromatic N) is 1. The highest BCUT2D eigenvalue weighted by Gasteiger charge is 2.30. The average molecular weight is 341 g/mol. The SMILES string of the molecule is CC(C)=CC(=O)OCc1csc(-c2ccc(C(F)(F)F)cc2)n1. The van der Waals surface area contributed by atoms with Gasteiger partial charge >= 0.3 is 12.1 Å². The van der Waals surface area contributed by atoms with Crippen molar-refractivity contribution in [1.29, 1.82) is 0 Å². The van der Waals surface area contributed by atoms with Crippen LogP contribution in [0.5, 0.6) is 0 Å². The van der Waals surface area contributed by atoms with Crippen molar-refractivity contribution in [3.8, 4) is 10.6 Å². The van der Waals surface area contributed by atoms with Crippen LogP contribution in [0.3, 0.4) is 0 Å². The molecule has 1 aromatic heterocycles. The van der Waals surface area contributed by atoms with Crippen LogP contribution in [-0.2, 0) is 22.3 Å². The van der Waals surface area contributed by atoms with Crippen molar-refractivity contribution in [2.75, 3.05) is 0 Å². The molecule has 0 amide bonds. The van der Waals surface area contributed by atoms with Crippen molar-refractivity contribution in [2.24, 2.45) is 0 Å². The van der Waals surface area contributed by atoms with E-state index in [0.717, 1.165) is 17.7 Å². The second kappa shape index (κ2) is 6.95. The maximum Gasteiger partial charge on any atom is 0.416 e. The number of carbonyl (C=O) groups is 1. The Bertz CT molecular complexity index is 714. The van der Waals surface area contributed by atoms with Crippen LogP contribution >= 0.6 is 11.3 Å². The van der Waals surface area contributed by atoms with E-state index in [-0.39, 0.29) is 6.61 Å². The molecule has 0 aliphatic heterocycles. The Kier molecular flexibility index (Phi) is 5.20. The van der Waals surface area contributed by atoms with Gasteiger partial charge in [0.2, 0.25) is 0 Å². The number of ether oxygens (including phenoxy) is 1. The minimum atomic E-state index is -4.36. The van der Waals surface area contributed by atoms with E-state index in [0.29, 0.717) is 16.3 Å². The molecule has 0 N–H and O–H groups in total. The summed E-state index contributed by atoms with van der Waals surface area (Å²) in [7, 11) is 0. The van der Waals surface area contributed by atoms with Gasteiger partial charge in [-0.25, -0.2) is 9.78 Å². The molecule has 0 radical (unpaired) electrons. The van der Waals surface area contributed by atoms with E-state index in [1.807, 2.05) is 0 Å². The number of carbonyl (C=O) groups excluding carboxylic acids is 1. The second-order valence-electron chi connectivity index (χ2n) is 5.05. The molecule has 0 saturated heterocycles. The highest BCUT2D eigenvalue weighted by atomic mass is 32.1. The molecular weight excluding hydrogens is 327 g/mol. The first-order valence-corrected chi connectivity index (χ1v) is 7.57. The third-order valence-electron chi connectivity index (χ3n) is 2.78. The lowest BCUT2D eigenvalue weighted by Crippen LogP contribution is -2.04. The molecule has 0 unspecified atom stereocenters. The fourth-order valence-corrected chi connectivity index (χ4v) is 2.54. The molecular formula is C16H14F3NO2S. The van der Waals surface area contributed by atoms with Gasteiger partial charge in [0.25, 0.3) is 0 Å². The molecule has 122 valence electrons. The Morgan fingerprint density at radius 3 is 2.48 bits per heavy atom. The van der Waals surface area contributed by atoms with Gasteiger partial charge in [-0.1, -0.05) is 17.7 Å². The molecule has 0 spiro atoms. The Labute approximate surface area is 135 Å². The van der Waals surface area contributed by atoms with Gasteiger partial charge in [-0.3, -0.25) is 0 Å². The van der Waals surface area contributed by atoms with Crippen LogP contribution in [0.15, 0.2) is 41.3 Å². The summed E-state index contributed by atoms with van der Waals surface area (Å²) >= 11 is 1.28. The van der Waals surface area contributed by atoms with Crippen molar-refractivity contribution < 1.29 is 22.7 Å². The number of alkyl halides is 3. The van der Waals surface area contributed by atoms with Gasteiger partial charge in [-0.15, -0.1) is 11.3 Å². The summed E-state index contributed by atoms with van der Waals surface area (Å²) in [4.78, 5) is 15.7. The molecule has 7 heteroatoms. The molecule has 0 fully saturated rings. The highest BCUT2D eigenvalue weighted by Crippen LogP contribution is 2.31. The number of halogens is 3. The molecule has 0 aliphatic rings. The van der Waals surface area contributed by atoms with Crippen LogP contribution in [0.1, 0.15) is 25.1 Å². The van der Waals surface area contributed by atoms with Crippen molar-refractivity contribution in [3.05, 3.63) is 52.6 Å². The number of benzene rings is 1. The largest absolute Gasteiger partial charge is 0.456 e. The second-order valence-corrected chi connectivity index (χ2v) is 5.91. The standard InChI is InChI=1S/C16H14F3NO2S/c1-10(2)7-14(21)22-8-13-9-23-15(20-13)11-3-5-12(6-4-11)16(17,18)19/h3-7,9H,8H2,1-2H3. The summed E-state index contributed by atoms with van der Waals surface area (Å²) in [6.07, 6.45) is -2.98. The van der Waals surface area contributed by atoms with E-state index in [4.69, 9.17) is 4.74 Å². The highest BCUT2D eigenvalue weighted by molar-refractivity contribution is 7.13. The molecule has 2 aromatic rings. The molecule has 0 aliphatic carbocycles. The van der Waals surface area contributed by atoms with E-state index in [2.05, 4.69) is 4.98 Å². The van der Waals surface area contributed by atoms with Crippen molar-refractivity contribution in [3.63, 3.8) is 0 Å². The quantitative estimate of drug-likeness (QED) is 0.590. The minimum absolute atomic E-state index is 0.0275. The minimum Gasteiger partial charge on any atom is -0.456 e. The molecule has 0 saturated carbocycles. The zero-order chi connectivity index (χ0) is 17.0. The topological polar surface area (TPSA) is 39.2 Å². The number of rotatable bonds is 4. The smallest absolute Gasteiger partial charge is 0.416 e. The van der Waals surface area contributed by atoms with Gasteiger partial charge in [0.05, 0.1) is 11.3 Å². The van der Waals surface area contributed by atoms with Crippen LogP contribution in [0.25, 0.3) is 10.6 Å². The predicted molar refractivity (Wildman–Crippen MR) is 81.8 cm³/mol. The number of hydrogen-bond acceptors (Lipinski definition) is 4. The fourth-order valence-electron chi connectivity index (χ4n) is 1.73. The predicted octanol–water partition coefficient (Wildman–Crippen LogP) is 4.84. The van der Waals surface area contributed by atoms with E-state index >= 15 is 0 Å². The third kappa shape index (κ3) is 4.92. The van der Waals surface area contributed by atoms with Gasteiger partial charge in [-0.2, -0.15) is 13.2 Å². The van der Waals surface area contributed by atoms with E-state index in [1.54, 1.807) is 19.2 Å². The average Bonchev–Trinajstić information content (AvgIpc) is 2.92. The summed E-state index contributed by atoms with van der Waals surface area (Å²) in [6, 6.07) is 4.79. The van der Waals surface area contributed by atoms with Crippen molar-refractivity contribution >= 4 is 17.3 Å². The van der Waals surface area contributed by atoms with Gasteiger partial charge < -0.3 is 4.74 Å². The number of esters is 1. The lowest BCUT2D eigenvalue weighted by Gasteiger charge is -2.06. The van der Waals surface area contributed by atoms with Crippen LogP contribution < -0.4 is 0 Å². The first kappa shape index (κ1) is 17.2. The number of hydrogen-bond donors (Lipinski definition) is 0. The maximum atomic E-state index is 12.5. The molecule has 1 aromatic carbocycles. The van der Waals surface area contributed by atoms with E-state index in [1.165, 1.54) is 29.5 Å². The summed E-state index contributed by atoms with van der Waals surface area (Å²) in [5, 5.41) is 2.29. The lowest BCUT2D eigenvalue weighted by atomic mass is 10.1. The lowest BCUT2D eigenvalue weighted by molar-refractivity contribution is -0.139. The number of thiazole rings is 1. The zero-order valence-electron chi connectivity index (χ0n) is 12.5. The summed E-state index contributed by atoms with van der Waals surface area (Å²) < 4.78 is 42.6. The summed E-state index contributed by atoms with van der Waals surface area (Å²) in [5.74, 6) is -0.450. The normalized spacial score (nSPS) is 11.2. The molecule has 3 nitrogen and oxygen atoms in total. The molecule has 0 bridgehead atoms. The molecule has 1 heterocycles. The monoisotopic (exact) mass is 341 g/mol. The van der Waals surface area contributed by atoms with Crippen molar-refractivity contribution in [1.82, 2.24) is 4.98 Å². The number of allylic oxidation sites excluding steroid dienone is 1. The van der Waals surface area contributed by atoms with Gasteiger partial charge in [0.1, 0.15) is 11.6 Å². The third-order valence-corrected chi connectivity index (χ3v) is 3.72. The van der Waals surface area contributed by atoms with Crippen LogP contribution in [0.4, 0.5) is 13.2 Å². The Hall–Kier alpha value is -2.15. The summed E-state index contributed by atoms with van der Waals surface area (Å²) in [6.45, 7) is 3.60. The van der Waals surface area contributed by atoms with E-state index in [9.17, 15) is 18.0 Å².